The molecule has 2 aromatic carbocycles. The predicted octanol–water partition coefficient (Wildman–Crippen LogP) is 4.43. The van der Waals surface area contributed by atoms with E-state index in [4.69, 9.17) is 0 Å². The van der Waals surface area contributed by atoms with Gasteiger partial charge in [-0.05, 0) is 30.0 Å². The summed E-state index contributed by atoms with van der Waals surface area (Å²) in [5.74, 6) is 0. The smallest absolute Gasteiger partial charge is 0.302 e. The van der Waals surface area contributed by atoms with Crippen LogP contribution in [0.4, 0.5) is 13.2 Å². The van der Waals surface area contributed by atoms with Crippen LogP contribution in [0.3, 0.4) is 0 Å². The number of hydrogen-bond donors (Lipinski definition) is 1. The minimum Gasteiger partial charge on any atom is -0.302 e. The van der Waals surface area contributed by atoms with Gasteiger partial charge in [0.2, 0.25) is 0 Å². The summed E-state index contributed by atoms with van der Waals surface area (Å²) in [7, 11) is 0. The van der Waals surface area contributed by atoms with Gasteiger partial charge in [-0.15, -0.1) is 0 Å². The molecule has 0 fully saturated rings. The molecule has 2 rings (SSSR count). The van der Waals surface area contributed by atoms with E-state index < -0.39 is 12.2 Å². The van der Waals surface area contributed by atoms with Gasteiger partial charge in [-0.1, -0.05) is 54.6 Å². The van der Waals surface area contributed by atoms with Crippen LogP contribution in [0.2, 0.25) is 0 Å². The predicted molar refractivity (Wildman–Crippen MR) is 78.1 cm³/mol. The van der Waals surface area contributed by atoms with Crippen molar-refractivity contribution in [1.82, 2.24) is 5.32 Å². The Morgan fingerprint density at radius 2 is 1.57 bits per heavy atom. The highest BCUT2D eigenvalue weighted by molar-refractivity contribution is 5.26. The first-order chi connectivity index (χ1) is 9.98. The quantitative estimate of drug-likeness (QED) is 0.860. The van der Waals surface area contributed by atoms with E-state index in [2.05, 4.69) is 5.32 Å². The molecule has 0 aromatic heterocycles. The normalized spacial score (nSPS) is 13.1. The fourth-order valence-corrected chi connectivity index (χ4v) is 2.31. The first-order valence-corrected chi connectivity index (χ1v) is 6.88. The van der Waals surface area contributed by atoms with Gasteiger partial charge in [-0.3, -0.25) is 0 Å². The van der Waals surface area contributed by atoms with E-state index >= 15 is 0 Å². The molecule has 112 valence electrons. The van der Waals surface area contributed by atoms with Gasteiger partial charge in [0.05, 0.1) is 0 Å². The summed E-state index contributed by atoms with van der Waals surface area (Å²) in [4.78, 5) is 0. The Bertz CT molecular complexity index is 564. The number of halogens is 3. The molecule has 0 saturated heterocycles. The van der Waals surface area contributed by atoms with Gasteiger partial charge < -0.3 is 5.32 Å². The van der Waals surface area contributed by atoms with Gasteiger partial charge in [-0.25, -0.2) is 0 Å². The van der Waals surface area contributed by atoms with Crippen molar-refractivity contribution in [3.63, 3.8) is 0 Å². The Morgan fingerprint density at radius 1 is 0.952 bits per heavy atom. The van der Waals surface area contributed by atoms with Crippen LogP contribution in [0.5, 0.6) is 0 Å². The molecule has 0 radical (unpaired) electrons. The first kappa shape index (κ1) is 15.6. The van der Waals surface area contributed by atoms with Crippen molar-refractivity contribution in [3.05, 3.63) is 71.3 Å². The van der Waals surface area contributed by atoms with Crippen LogP contribution in [0, 0.1) is 6.92 Å². The Kier molecular flexibility index (Phi) is 5.02. The maximum absolute atomic E-state index is 13.1. The Morgan fingerprint density at radius 3 is 2.19 bits per heavy atom. The maximum Gasteiger partial charge on any atom is 0.407 e. The van der Waals surface area contributed by atoms with Gasteiger partial charge in [0.1, 0.15) is 6.04 Å². The summed E-state index contributed by atoms with van der Waals surface area (Å²) >= 11 is 0. The van der Waals surface area contributed by atoms with Gasteiger partial charge in [0, 0.05) is 6.54 Å². The highest BCUT2D eigenvalue weighted by atomic mass is 19.4. The zero-order chi connectivity index (χ0) is 15.3. The van der Waals surface area contributed by atoms with E-state index in [0.29, 0.717) is 6.42 Å². The summed E-state index contributed by atoms with van der Waals surface area (Å²) in [6.07, 6.45) is -3.72. The number of nitrogens with one attached hydrogen (secondary N) is 1. The fraction of sp³-hybridized carbons (Fsp3) is 0.294. The molecule has 4 heteroatoms. The molecule has 0 saturated carbocycles. The van der Waals surface area contributed by atoms with E-state index in [1.165, 1.54) is 12.1 Å². The van der Waals surface area contributed by atoms with Gasteiger partial charge in [-0.2, -0.15) is 13.2 Å². The monoisotopic (exact) mass is 293 g/mol. The Balaban J connectivity index is 2.03. The van der Waals surface area contributed by atoms with Crippen LogP contribution < -0.4 is 5.32 Å². The maximum atomic E-state index is 13.1. The lowest BCUT2D eigenvalue weighted by Crippen LogP contribution is -2.35. The van der Waals surface area contributed by atoms with Gasteiger partial charge >= 0.3 is 6.18 Å². The fourth-order valence-electron chi connectivity index (χ4n) is 2.31. The molecule has 1 atom stereocenters. The lowest BCUT2D eigenvalue weighted by atomic mass is 10.0. The van der Waals surface area contributed by atoms with Crippen LogP contribution in [-0.4, -0.2) is 12.7 Å². The molecule has 0 bridgehead atoms. The molecule has 1 nitrogen and oxygen atoms in total. The number of benzene rings is 2. The van der Waals surface area contributed by atoms with E-state index in [1.807, 2.05) is 31.2 Å². The standard InChI is InChI=1S/C17H18F3N/c1-13-7-5-6-8-14(13)11-12-21-16(17(18,19)20)15-9-3-2-4-10-15/h2-10,16,21H,11-12H2,1H3. The molecular formula is C17H18F3N. The second-order valence-electron chi connectivity index (χ2n) is 5.02. The second kappa shape index (κ2) is 6.76. The second-order valence-corrected chi connectivity index (χ2v) is 5.02. The molecule has 0 spiro atoms. The van der Waals surface area contributed by atoms with E-state index in [1.54, 1.807) is 18.2 Å². The molecule has 0 aliphatic rings. The zero-order valence-corrected chi connectivity index (χ0v) is 11.8. The third-order valence-corrected chi connectivity index (χ3v) is 3.46. The minimum absolute atomic E-state index is 0.245. The molecule has 1 N–H and O–H groups in total. The first-order valence-electron chi connectivity index (χ1n) is 6.88. The van der Waals surface area contributed by atoms with Crippen molar-refractivity contribution < 1.29 is 13.2 Å². The third-order valence-electron chi connectivity index (χ3n) is 3.46. The minimum atomic E-state index is -4.30. The number of hydrogen-bond acceptors (Lipinski definition) is 1. The average Bonchev–Trinajstić information content (AvgIpc) is 2.45. The van der Waals surface area contributed by atoms with Crippen LogP contribution in [-0.2, 0) is 6.42 Å². The van der Waals surface area contributed by atoms with Crippen LogP contribution in [0.1, 0.15) is 22.7 Å². The molecule has 0 heterocycles. The van der Waals surface area contributed by atoms with Crippen molar-refractivity contribution in [3.8, 4) is 0 Å². The van der Waals surface area contributed by atoms with E-state index in [0.717, 1.165) is 11.1 Å². The molecule has 0 amide bonds. The van der Waals surface area contributed by atoms with E-state index in [-0.39, 0.29) is 12.1 Å². The topological polar surface area (TPSA) is 12.0 Å². The zero-order valence-electron chi connectivity index (χ0n) is 11.8. The number of rotatable bonds is 5. The third kappa shape index (κ3) is 4.33. The molecule has 0 aliphatic carbocycles. The van der Waals surface area contributed by atoms with Crippen molar-refractivity contribution in [2.45, 2.75) is 25.6 Å². The number of alkyl halides is 3. The highest BCUT2D eigenvalue weighted by Crippen LogP contribution is 2.32. The Labute approximate surface area is 122 Å². The molecule has 1 unspecified atom stereocenters. The average molecular weight is 293 g/mol. The summed E-state index contributed by atoms with van der Waals surface area (Å²) < 4.78 is 39.4. The summed E-state index contributed by atoms with van der Waals surface area (Å²) in [5, 5.41) is 2.63. The van der Waals surface area contributed by atoms with Crippen molar-refractivity contribution in [2.24, 2.45) is 0 Å². The van der Waals surface area contributed by atoms with E-state index in [9.17, 15) is 13.2 Å². The van der Waals surface area contributed by atoms with Crippen LogP contribution in [0.25, 0.3) is 0 Å². The summed E-state index contributed by atoms with van der Waals surface area (Å²) in [6, 6.07) is 14.1. The lowest BCUT2D eigenvalue weighted by Gasteiger charge is -2.22. The molecule has 0 aliphatic heterocycles. The molecule has 21 heavy (non-hydrogen) atoms. The van der Waals surface area contributed by atoms with Crippen molar-refractivity contribution in [2.75, 3.05) is 6.54 Å². The largest absolute Gasteiger partial charge is 0.407 e. The lowest BCUT2D eigenvalue weighted by molar-refractivity contribution is -0.157. The van der Waals surface area contributed by atoms with Crippen molar-refractivity contribution in [1.29, 1.82) is 0 Å². The number of aryl methyl sites for hydroxylation is 1. The van der Waals surface area contributed by atoms with Gasteiger partial charge in [0.25, 0.3) is 0 Å². The van der Waals surface area contributed by atoms with Crippen molar-refractivity contribution >= 4 is 0 Å². The summed E-state index contributed by atoms with van der Waals surface area (Å²) in [5.41, 5.74) is 2.41. The molecule has 2 aromatic rings. The highest BCUT2D eigenvalue weighted by Gasteiger charge is 2.40. The SMILES string of the molecule is Cc1ccccc1CCNC(c1ccccc1)C(F)(F)F. The van der Waals surface area contributed by atoms with Crippen LogP contribution in [0.15, 0.2) is 54.6 Å². The molecular weight excluding hydrogens is 275 g/mol. The van der Waals surface area contributed by atoms with Crippen LogP contribution >= 0.6 is 0 Å². The summed E-state index contributed by atoms with van der Waals surface area (Å²) in [6.45, 7) is 2.25. The van der Waals surface area contributed by atoms with Gasteiger partial charge in [0.15, 0.2) is 0 Å². The Hall–Kier alpha value is -1.81.